The summed E-state index contributed by atoms with van der Waals surface area (Å²) in [6, 6.07) is 0. The Morgan fingerprint density at radius 1 is 1.78 bits per heavy atom. The van der Waals surface area contributed by atoms with Crippen LogP contribution in [0.25, 0.3) is 0 Å². The van der Waals surface area contributed by atoms with Gasteiger partial charge in [-0.1, -0.05) is 0 Å². The number of amides is 1. The molecule has 1 aromatic heterocycles. The van der Waals surface area contributed by atoms with E-state index in [2.05, 4.69) is 9.88 Å². The molecule has 1 fully saturated rings. The molecule has 0 radical (unpaired) electrons. The number of aliphatic hydroxyl groups is 1. The Kier molecular flexibility index (Phi) is 4.31. The first-order chi connectivity index (χ1) is 8.58. The van der Waals surface area contributed by atoms with Crippen molar-refractivity contribution in [1.82, 2.24) is 9.88 Å². The van der Waals surface area contributed by atoms with Gasteiger partial charge in [0, 0.05) is 25.2 Å². The van der Waals surface area contributed by atoms with Crippen molar-refractivity contribution in [2.45, 2.75) is 19.4 Å². The maximum Gasteiger partial charge on any atom is 0.242 e. The molecule has 1 saturated heterocycles. The van der Waals surface area contributed by atoms with Crippen LogP contribution in [0, 0.1) is 5.92 Å². The molecule has 2 rings (SSSR count). The third-order valence-corrected chi connectivity index (χ3v) is 4.28. The lowest BCUT2D eigenvalue weighted by Crippen LogP contribution is -2.37. The number of rotatable bonds is 4. The summed E-state index contributed by atoms with van der Waals surface area (Å²) in [7, 11) is 1.75. The molecular formula is C12H19N3O2S. The molecule has 5 nitrogen and oxygen atoms in total. The maximum absolute atomic E-state index is 12.1. The molecule has 0 aliphatic carbocycles. The van der Waals surface area contributed by atoms with Crippen molar-refractivity contribution in [3.63, 3.8) is 0 Å². The predicted molar refractivity (Wildman–Crippen MR) is 71.8 cm³/mol. The highest BCUT2D eigenvalue weighted by Gasteiger charge is 2.28. The number of carbonyl (C=O) groups excluding carboxylic acids is 1. The van der Waals surface area contributed by atoms with Gasteiger partial charge in [-0.3, -0.25) is 14.6 Å². The SMILES string of the molecule is CC(O)C1CCN(CC(=O)N(C)c2nccs2)C1. The molecule has 1 aliphatic rings. The Morgan fingerprint density at radius 2 is 2.56 bits per heavy atom. The Balaban J connectivity index is 1.85. The van der Waals surface area contributed by atoms with Crippen LogP contribution in [0.2, 0.25) is 0 Å². The fourth-order valence-corrected chi connectivity index (χ4v) is 2.81. The van der Waals surface area contributed by atoms with E-state index in [1.807, 2.05) is 12.3 Å². The van der Waals surface area contributed by atoms with E-state index in [9.17, 15) is 9.90 Å². The summed E-state index contributed by atoms with van der Waals surface area (Å²) in [6.07, 6.45) is 2.37. The van der Waals surface area contributed by atoms with Crippen LogP contribution < -0.4 is 4.90 Å². The molecule has 2 atom stereocenters. The minimum absolute atomic E-state index is 0.0520. The van der Waals surface area contributed by atoms with Gasteiger partial charge in [-0.2, -0.15) is 0 Å². The molecule has 2 unspecified atom stereocenters. The standard InChI is InChI=1S/C12H19N3O2S/c1-9(16)10-3-5-15(7-10)8-11(17)14(2)12-13-4-6-18-12/h4,6,9-10,16H,3,5,7-8H2,1-2H3. The second-order valence-electron chi connectivity index (χ2n) is 4.79. The van der Waals surface area contributed by atoms with Crippen LogP contribution in [0.1, 0.15) is 13.3 Å². The number of aliphatic hydroxyl groups excluding tert-OH is 1. The molecule has 6 heteroatoms. The van der Waals surface area contributed by atoms with Gasteiger partial charge in [0.2, 0.25) is 5.91 Å². The van der Waals surface area contributed by atoms with E-state index in [0.717, 1.165) is 24.6 Å². The van der Waals surface area contributed by atoms with Crippen molar-refractivity contribution in [2.24, 2.45) is 5.92 Å². The van der Waals surface area contributed by atoms with Crippen LogP contribution in [-0.4, -0.2) is 53.7 Å². The maximum atomic E-state index is 12.1. The largest absolute Gasteiger partial charge is 0.393 e. The zero-order valence-electron chi connectivity index (χ0n) is 10.7. The van der Waals surface area contributed by atoms with Gasteiger partial charge in [0.05, 0.1) is 12.6 Å². The molecule has 1 aromatic rings. The number of nitrogens with zero attached hydrogens (tertiary/aromatic N) is 3. The van der Waals surface area contributed by atoms with Gasteiger partial charge >= 0.3 is 0 Å². The molecule has 0 aromatic carbocycles. The topological polar surface area (TPSA) is 56.7 Å². The first-order valence-electron chi connectivity index (χ1n) is 6.14. The van der Waals surface area contributed by atoms with E-state index in [1.54, 1.807) is 18.1 Å². The van der Waals surface area contributed by atoms with Crippen LogP contribution in [0.3, 0.4) is 0 Å². The number of hydrogen-bond acceptors (Lipinski definition) is 5. The zero-order valence-corrected chi connectivity index (χ0v) is 11.6. The molecule has 2 heterocycles. The van der Waals surface area contributed by atoms with Crippen molar-refractivity contribution in [2.75, 3.05) is 31.6 Å². The lowest BCUT2D eigenvalue weighted by molar-refractivity contribution is -0.119. The lowest BCUT2D eigenvalue weighted by Gasteiger charge is -2.20. The Labute approximate surface area is 111 Å². The summed E-state index contributed by atoms with van der Waals surface area (Å²) >= 11 is 1.46. The van der Waals surface area contributed by atoms with Crippen LogP contribution in [0.4, 0.5) is 5.13 Å². The average molecular weight is 269 g/mol. The normalized spacial score (nSPS) is 22.1. The van der Waals surface area contributed by atoms with Crippen LogP contribution in [0.15, 0.2) is 11.6 Å². The van der Waals surface area contributed by atoms with Gasteiger partial charge in [-0.15, -0.1) is 11.3 Å². The summed E-state index contributed by atoms with van der Waals surface area (Å²) in [4.78, 5) is 19.9. The van der Waals surface area contributed by atoms with Crippen molar-refractivity contribution in [1.29, 1.82) is 0 Å². The van der Waals surface area contributed by atoms with Gasteiger partial charge in [0.15, 0.2) is 5.13 Å². The summed E-state index contributed by atoms with van der Waals surface area (Å²) in [5.74, 6) is 0.346. The number of likely N-dealkylation sites (N-methyl/N-ethyl adjacent to an activating group) is 1. The second kappa shape index (κ2) is 5.77. The van der Waals surface area contributed by atoms with Gasteiger partial charge in [-0.25, -0.2) is 4.98 Å². The van der Waals surface area contributed by atoms with Gasteiger partial charge in [-0.05, 0) is 25.8 Å². The highest BCUT2D eigenvalue weighted by molar-refractivity contribution is 7.13. The number of anilines is 1. The van der Waals surface area contributed by atoms with Crippen molar-refractivity contribution in [3.8, 4) is 0 Å². The van der Waals surface area contributed by atoms with E-state index in [-0.39, 0.29) is 12.0 Å². The highest BCUT2D eigenvalue weighted by Crippen LogP contribution is 2.20. The van der Waals surface area contributed by atoms with E-state index >= 15 is 0 Å². The average Bonchev–Trinajstić information content (AvgIpc) is 2.98. The fourth-order valence-electron chi connectivity index (χ4n) is 2.19. The van der Waals surface area contributed by atoms with E-state index in [0.29, 0.717) is 12.5 Å². The third-order valence-electron chi connectivity index (χ3n) is 3.43. The Bertz CT molecular complexity index is 394. The molecule has 0 saturated carbocycles. The predicted octanol–water partition coefficient (Wildman–Crippen LogP) is 0.809. The van der Waals surface area contributed by atoms with Crippen molar-refractivity contribution < 1.29 is 9.90 Å². The van der Waals surface area contributed by atoms with Crippen LogP contribution in [0.5, 0.6) is 0 Å². The van der Waals surface area contributed by atoms with E-state index in [1.165, 1.54) is 11.3 Å². The quantitative estimate of drug-likeness (QED) is 0.879. The summed E-state index contributed by atoms with van der Waals surface area (Å²) in [5.41, 5.74) is 0. The fraction of sp³-hybridized carbons (Fsp3) is 0.667. The third kappa shape index (κ3) is 3.07. The van der Waals surface area contributed by atoms with Crippen molar-refractivity contribution >= 4 is 22.4 Å². The molecule has 1 amide bonds. The zero-order chi connectivity index (χ0) is 13.1. The van der Waals surface area contributed by atoms with Gasteiger partial charge in [0.1, 0.15) is 0 Å². The molecule has 1 N–H and O–H groups in total. The molecule has 0 bridgehead atoms. The minimum Gasteiger partial charge on any atom is -0.393 e. The summed E-state index contributed by atoms with van der Waals surface area (Å²) in [6.45, 7) is 3.90. The Morgan fingerprint density at radius 3 is 3.11 bits per heavy atom. The second-order valence-corrected chi connectivity index (χ2v) is 5.66. The number of likely N-dealkylation sites (tertiary alicyclic amines) is 1. The first-order valence-corrected chi connectivity index (χ1v) is 7.02. The smallest absolute Gasteiger partial charge is 0.242 e. The first kappa shape index (κ1) is 13.5. The van der Waals surface area contributed by atoms with E-state index in [4.69, 9.17) is 0 Å². The highest BCUT2D eigenvalue weighted by atomic mass is 32.1. The summed E-state index contributed by atoms with van der Waals surface area (Å²) < 4.78 is 0. The van der Waals surface area contributed by atoms with Gasteiger partial charge < -0.3 is 5.11 Å². The molecule has 1 aliphatic heterocycles. The lowest BCUT2D eigenvalue weighted by atomic mass is 10.0. The summed E-state index contributed by atoms with van der Waals surface area (Å²) in [5, 5.41) is 12.1. The molecule has 0 spiro atoms. The number of carbonyl (C=O) groups is 1. The van der Waals surface area contributed by atoms with Crippen LogP contribution >= 0.6 is 11.3 Å². The monoisotopic (exact) mass is 269 g/mol. The number of aromatic nitrogens is 1. The molecule has 18 heavy (non-hydrogen) atoms. The van der Waals surface area contributed by atoms with Crippen molar-refractivity contribution in [3.05, 3.63) is 11.6 Å². The molecule has 100 valence electrons. The molecular weight excluding hydrogens is 250 g/mol. The minimum atomic E-state index is -0.290. The van der Waals surface area contributed by atoms with Gasteiger partial charge in [0.25, 0.3) is 0 Å². The number of hydrogen-bond donors (Lipinski definition) is 1. The Hall–Kier alpha value is -0.980. The van der Waals surface area contributed by atoms with Crippen LogP contribution in [-0.2, 0) is 4.79 Å². The number of thiazole rings is 1. The van der Waals surface area contributed by atoms with E-state index < -0.39 is 0 Å².